The highest BCUT2D eigenvalue weighted by molar-refractivity contribution is 6.31. The number of aliphatic carboxylic acids is 1. The van der Waals surface area contributed by atoms with Gasteiger partial charge in [-0.15, -0.1) is 0 Å². The third-order valence-corrected chi connectivity index (χ3v) is 7.19. The molecule has 0 radical (unpaired) electrons. The number of fused-ring (bicyclic) bond motifs is 1. The first kappa shape index (κ1) is 23.3. The summed E-state index contributed by atoms with van der Waals surface area (Å²) in [7, 11) is 0. The van der Waals surface area contributed by atoms with Crippen LogP contribution in [0.15, 0.2) is 77.7 Å². The number of hydrogen-bond donors (Lipinski definition) is 3. The Bertz CT molecular complexity index is 1210. The van der Waals surface area contributed by atoms with Crippen LogP contribution in [0.4, 0.5) is 11.4 Å². The van der Waals surface area contributed by atoms with Crippen LogP contribution in [0.2, 0.25) is 5.02 Å². The van der Waals surface area contributed by atoms with Gasteiger partial charge in [0.2, 0.25) is 5.84 Å². The molecule has 1 fully saturated rings. The van der Waals surface area contributed by atoms with Crippen molar-refractivity contribution in [2.45, 2.75) is 38.0 Å². The van der Waals surface area contributed by atoms with E-state index in [1.807, 2.05) is 18.5 Å². The van der Waals surface area contributed by atoms with E-state index < -0.39 is 5.97 Å². The number of carbonyl (C=O) groups excluding carboxylic acids is 1. The number of anilines is 2. The highest BCUT2D eigenvalue weighted by atomic mass is 35.5. The van der Waals surface area contributed by atoms with Gasteiger partial charge in [0.05, 0.1) is 0 Å². The second kappa shape index (κ2) is 10.1. The van der Waals surface area contributed by atoms with Gasteiger partial charge in [-0.05, 0) is 73.4 Å². The first-order chi connectivity index (χ1) is 16.9. The fourth-order valence-electron chi connectivity index (χ4n) is 5.08. The Balaban J connectivity index is 1.19. The van der Waals surface area contributed by atoms with Crippen LogP contribution in [0.25, 0.3) is 0 Å². The summed E-state index contributed by atoms with van der Waals surface area (Å²) in [5, 5.41) is 12.4. The van der Waals surface area contributed by atoms with Gasteiger partial charge in [0.1, 0.15) is 6.20 Å². The van der Waals surface area contributed by atoms with Crippen LogP contribution in [0, 0.1) is 5.92 Å². The van der Waals surface area contributed by atoms with Crippen LogP contribution in [0.3, 0.4) is 0 Å². The number of benzene rings is 2. The molecule has 7 nitrogen and oxygen atoms in total. The molecule has 1 unspecified atom stereocenters. The maximum atomic E-state index is 12.7. The number of quaternary nitrogens is 1. The summed E-state index contributed by atoms with van der Waals surface area (Å²) in [5.74, 6) is 0.671. The number of amides is 1. The lowest BCUT2D eigenvalue weighted by Crippen LogP contribution is -3.11. The highest BCUT2D eigenvalue weighted by Gasteiger charge is 2.30. The number of carboxylic acids is 1. The largest absolute Gasteiger partial charge is 0.481 e. The van der Waals surface area contributed by atoms with Gasteiger partial charge in [-0.1, -0.05) is 29.8 Å². The van der Waals surface area contributed by atoms with Gasteiger partial charge in [0.15, 0.2) is 12.4 Å². The van der Waals surface area contributed by atoms with Crippen LogP contribution in [-0.4, -0.2) is 29.5 Å². The van der Waals surface area contributed by atoms with Crippen molar-refractivity contribution in [3.8, 4) is 0 Å². The Kier molecular flexibility index (Phi) is 6.70. The molecule has 5 rings (SSSR count). The SMILES string of the molecule is O=C(O)CC1CCC(c2ccc(N3C=CC4=NC(C(=O)Nc5cccc(Cl)c5)=C[NH+]4C3)cc2)CC1. The molecule has 2 aromatic rings. The predicted molar refractivity (Wildman–Crippen MR) is 136 cm³/mol. The van der Waals surface area contributed by atoms with Crippen LogP contribution < -0.4 is 15.1 Å². The number of carboxylic acid groups (broad SMARTS) is 1. The van der Waals surface area contributed by atoms with Crippen molar-refractivity contribution in [1.82, 2.24) is 0 Å². The standard InChI is InChI=1S/C27H27ClN4O3/c28-21-2-1-3-22(15-21)29-27(35)24-16-32-17-31(13-12-25(32)30-24)23-10-8-20(9-11-23)19-6-4-18(5-7-19)14-26(33)34/h1-3,8-13,15-16,18-19H,4-7,14,17H2,(H,29,35)(H,33,34)/p+1. The van der Waals surface area contributed by atoms with E-state index in [9.17, 15) is 9.59 Å². The number of hydrogen-bond acceptors (Lipinski definition) is 4. The monoisotopic (exact) mass is 491 g/mol. The van der Waals surface area contributed by atoms with Crippen LogP contribution >= 0.6 is 11.6 Å². The van der Waals surface area contributed by atoms with Crippen LogP contribution in [0.1, 0.15) is 43.6 Å². The predicted octanol–water partition coefficient (Wildman–Crippen LogP) is 4.16. The van der Waals surface area contributed by atoms with Gasteiger partial charge < -0.3 is 10.4 Å². The molecule has 1 atom stereocenters. The van der Waals surface area contributed by atoms with E-state index >= 15 is 0 Å². The van der Waals surface area contributed by atoms with Crippen molar-refractivity contribution in [2.75, 3.05) is 16.9 Å². The van der Waals surface area contributed by atoms with Crippen molar-refractivity contribution >= 4 is 40.7 Å². The summed E-state index contributed by atoms with van der Waals surface area (Å²) in [6, 6.07) is 15.7. The molecule has 0 bridgehead atoms. The molecule has 1 saturated carbocycles. The van der Waals surface area contributed by atoms with Crippen LogP contribution in [-0.2, 0) is 9.59 Å². The molecule has 2 aliphatic heterocycles. The Morgan fingerprint density at radius 3 is 2.60 bits per heavy atom. The third-order valence-electron chi connectivity index (χ3n) is 6.96. The van der Waals surface area contributed by atoms with Crippen molar-refractivity contribution < 1.29 is 19.6 Å². The lowest BCUT2D eigenvalue weighted by molar-refractivity contribution is -0.742. The van der Waals surface area contributed by atoms with Gasteiger partial charge in [0.25, 0.3) is 5.91 Å². The third kappa shape index (κ3) is 5.47. The first-order valence-corrected chi connectivity index (χ1v) is 12.3. The summed E-state index contributed by atoms with van der Waals surface area (Å²) in [6.45, 7) is 0.642. The number of nitrogens with one attached hydrogen (secondary N) is 2. The van der Waals surface area contributed by atoms with E-state index in [0.29, 0.717) is 34.9 Å². The van der Waals surface area contributed by atoms with Gasteiger partial charge >= 0.3 is 5.97 Å². The van der Waals surface area contributed by atoms with Gasteiger partial charge in [-0.3, -0.25) is 14.5 Å². The molecular formula is C27H28ClN4O3+. The average molecular weight is 492 g/mol. The number of amidine groups is 1. The normalized spacial score (nSPS) is 23.3. The molecule has 180 valence electrons. The van der Waals surface area contributed by atoms with Crippen molar-refractivity contribution in [3.05, 3.63) is 83.3 Å². The molecule has 1 aliphatic carbocycles. The number of nitrogens with zero attached hydrogens (tertiary/aromatic N) is 2. The topological polar surface area (TPSA) is 86.4 Å². The molecule has 0 spiro atoms. The molecule has 35 heavy (non-hydrogen) atoms. The van der Waals surface area contributed by atoms with Crippen molar-refractivity contribution in [3.63, 3.8) is 0 Å². The molecule has 3 N–H and O–H groups in total. The van der Waals surface area contributed by atoms with Gasteiger partial charge in [0, 0.05) is 35.1 Å². The molecule has 0 aromatic heterocycles. The van der Waals surface area contributed by atoms with Crippen molar-refractivity contribution in [1.29, 1.82) is 0 Å². The average Bonchev–Trinajstić information content (AvgIpc) is 3.28. The number of carbonyl (C=O) groups is 2. The Morgan fingerprint density at radius 2 is 1.89 bits per heavy atom. The number of halogens is 1. The summed E-state index contributed by atoms with van der Waals surface area (Å²) in [4.78, 5) is 31.3. The Morgan fingerprint density at radius 1 is 1.11 bits per heavy atom. The lowest BCUT2D eigenvalue weighted by Gasteiger charge is -2.29. The summed E-state index contributed by atoms with van der Waals surface area (Å²) in [5.41, 5.74) is 3.42. The minimum Gasteiger partial charge on any atom is -0.481 e. The zero-order valence-corrected chi connectivity index (χ0v) is 20.0. The summed E-state index contributed by atoms with van der Waals surface area (Å²) in [6.07, 6.45) is 10.1. The number of aliphatic imine (C=N–C) groups is 1. The van der Waals surface area contributed by atoms with Crippen LogP contribution in [0.5, 0.6) is 0 Å². The zero-order chi connectivity index (χ0) is 24.4. The molecule has 3 aliphatic rings. The highest BCUT2D eigenvalue weighted by Crippen LogP contribution is 2.37. The van der Waals surface area contributed by atoms with Gasteiger partial charge in [-0.25, -0.2) is 4.90 Å². The molecule has 2 heterocycles. The second-order valence-electron chi connectivity index (χ2n) is 9.37. The minimum atomic E-state index is -0.690. The van der Waals surface area contributed by atoms with Crippen molar-refractivity contribution in [2.24, 2.45) is 10.9 Å². The maximum Gasteiger partial charge on any atom is 0.303 e. The molecule has 2 aromatic carbocycles. The first-order valence-electron chi connectivity index (χ1n) is 11.9. The molecule has 8 heteroatoms. The van der Waals surface area contributed by atoms with Gasteiger partial charge in [-0.2, -0.15) is 4.99 Å². The quantitative estimate of drug-likeness (QED) is 0.566. The fraction of sp³-hybridized carbons (Fsp3) is 0.296. The maximum absolute atomic E-state index is 12.7. The molecule has 0 saturated heterocycles. The van der Waals surface area contributed by atoms with E-state index in [-0.39, 0.29) is 12.3 Å². The zero-order valence-electron chi connectivity index (χ0n) is 19.3. The Hall–Kier alpha value is -3.42. The minimum absolute atomic E-state index is 0.260. The molecule has 1 amide bonds. The Labute approximate surface area is 209 Å². The smallest absolute Gasteiger partial charge is 0.303 e. The molecular weight excluding hydrogens is 464 g/mol. The lowest BCUT2D eigenvalue weighted by atomic mass is 9.77. The van der Waals surface area contributed by atoms with E-state index in [4.69, 9.17) is 16.7 Å². The second-order valence-corrected chi connectivity index (χ2v) is 9.80. The van der Waals surface area contributed by atoms with E-state index in [1.165, 1.54) is 5.56 Å². The van der Waals surface area contributed by atoms with E-state index in [0.717, 1.165) is 42.1 Å². The van der Waals surface area contributed by atoms with E-state index in [1.54, 1.807) is 24.3 Å². The number of rotatable bonds is 6. The summed E-state index contributed by atoms with van der Waals surface area (Å²) >= 11 is 6.01. The fourth-order valence-corrected chi connectivity index (χ4v) is 5.27. The summed E-state index contributed by atoms with van der Waals surface area (Å²) < 4.78 is 0. The van der Waals surface area contributed by atoms with E-state index in [2.05, 4.69) is 39.5 Å².